The van der Waals surface area contributed by atoms with Gasteiger partial charge < -0.3 is 9.88 Å². The number of nitrogens with zero attached hydrogens (tertiary/aromatic N) is 5. The van der Waals surface area contributed by atoms with Gasteiger partial charge in [-0.3, -0.25) is 4.79 Å². The van der Waals surface area contributed by atoms with Crippen LogP contribution in [0.1, 0.15) is 33.6 Å². The van der Waals surface area contributed by atoms with Crippen LogP contribution in [0.5, 0.6) is 0 Å². The van der Waals surface area contributed by atoms with Crippen molar-refractivity contribution in [2.24, 2.45) is 7.05 Å². The summed E-state index contributed by atoms with van der Waals surface area (Å²) >= 11 is 7.03. The van der Waals surface area contributed by atoms with Gasteiger partial charge in [-0.05, 0) is 37.1 Å². The molecule has 0 radical (unpaired) electrons. The molecule has 1 aromatic carbocycles. The van der Waals surface area contributed by atoms with Crippen LogP contribution in [0.2, 0.25) is 5.02 Å². The molecule has 1 aliphatic heterocycles. The molecular formula is C18H19ClN6O3S2. The molecule has 30 heavy (non-hydrogen) atoms. The van der Waals surface area contributed by atoms with Crippen molar-refractivity contribution in [3.05, 3.63) is 51.8 Å². The average molecular weight is 467 g/mol. The molecule has 1 amide bonds. The fourth-order valence-corrected chi connectivity index (χ4v) is 5.71. The van der Waals surface area contributed by atoms with E-state index in [4.69, 9.17) is 11.6 Å². The van der Waals surface area contributed by atoms with E-state index in [9.17, 15) is 13.2 Å². The lowest BCUT2D eigenvalue weighted by molar-refractivity contribution is 0.102. The highest BCUT2D eigenvalue weighted by atomic mass is 35.5. The summed E-state index contributed by atoms with van der Waals surface area (Å²) in [6.07, 6.45) is 4.43. The third kappa shape index (κ3) is 4.38. The first kappa shape index (κ1) is 20.9. The minimum Gasteiger partial charge on any atom is -0.339 e. The third-order valence-electron chi connectivity index (χ3n) is 4.76. The number of amides is 1. The molecule has 9 nitrogen and oxygen atoms in total. The van der Waals surface area contributed by atoms with Crippen molar-refractivity contribution in [1.29, 1.82) is 0 Å². The Hall–Kier alpha value is -2.34. The van der Waals surface area contributed by atoms with Crippen molar-refractivity contribution in [3.8, 4) is 0 Å². The van der Waals surface area contributed by atoms with Gasteiger partial charge in [0, 0.05) is 43.0 Å². The van der Waals surface area contributed by atoms with Gasteiger partial charge in [0.1, 0.15) is 5.01 Å². The average Bonchev–Trinajstić information content (AvgIpc) is 3.40. The van der Waals surface area contributed by atoms with E-state index in [2.05, 4.69) is 20.5 Å². The van der Waals surface area contributed by atoms with Crippen LogP contribution in [0.3, 0.4) is 0 Å². The number of hydrogen-bond acceptors (Lipinski definition) is 7. The van der Waals surface area contributed by atoms with E-state index >= 15 is 0 Å². The van der Waals surface area contributed by atoms with Crippen molar-refractivity contribution < 1.29 is 13.2 Å². The van der Waals surface area contributed by atoms with Crippen LogP contribution in [0.15, 0.2) is 41.8 Å². The van der Waals surface area contributed by atoms with E-state index in [1.165, 1.54) is 28.2 Å². The number of sulfonamides is 1. The Bertz CT molecular complexity index is 1160. The second-order valence-electron chi connectivity index (χ2n) is 6.99. The molecule has 3 heterocycles. The Morgan fingerprint density at radius 3 is 2.73 bits per heavy atom. The number of hydrogen-bond donors (Lipinski definition) is 1. The number of nitrogens with one attached hydrogen (secondary N) is 1. The highest BCUT2D eigenvalue weighted by molar-refractivity contribution is 7.89. The molecule has 4 rings (SSSR count). The fourth-order valence-electron chi connectivity index (χ4n) is 3.23. The van der Waals surface area contributed by atoms with Crippen molar-refractivity contribution in [2.75, 3.05) is 18.4 Å². The molecule has 0 aliphatic carbocycles. The minimum atomic E-state index is -3.67. The van der Waals surface area contributed by atoms with Crippen molar-refractivity contribution in [1.82, 2.24) is 24.1 Å². The van der Waals surface area contributed by atoms with Gasteiger partial charge in [0.15, 0.2) is 5.03 Å². The Labute approximate surface area is 182 Å². The monoisotopic (exact) mass is 466 g/mol. The second-order valence-corrected chi connectivity index (χ2v) is 10.3. The van der Waals surface area contributed by atoms with Gasteiger partial charge in [0.25, 0.3) is 15.9 Å². The lowest BCUT2D eigenvalue weighted by Gasteiger charge is -2.30. The summed E-state index contributed by atoms with van der Waals surface area (Å²) in [7, 11) is -1.94. The summed E-state index contributed by atoms with van der Waals surface area (Å²) in [5.41, 5.74) is 0.603. The number of benzene rings is 1. The van der Waals surface area contributed by atoms with Gasteiger partial charge in [0.05, 0.1) is 6.33 Å². The van der Waals surface area contributed by atoms with Crippen molar-refractivity contribution in [2.45, 2.75) is 23.8 Å². The predicted octanol–water partition coefficient (Wildman–Crippen LogP) is 2.75. The zero-order valence-corrected chi connectivity index (χ0v) is 18.4. The first-order chi connectivity index (χ1) is 14.3. The maximum absolute atomic E-state index is 12.9. The molecule has 0 bridgehead atoms. The van der Waals surface area contributed by atoms with E-state index < -0.39 is 10.0 Å². The number of anilines is 1. The van der Waals surface area contributed by atoms with Gasteiger partial charge in [-0.25, -0.2) is 13.4 Å². The quantitative estimate of drug-likeness (QED) is 0.619. The van der Waals surface area contributed by atoms with Crippen LogP contribution < -0.4 is 5.32 Å². The van der Waals surface area contributed by atoms with Crippen LogP contribution >= 0.6 is 22.9 Å². The number of halogens is 1. The zero-order valence-electron chi connectivity index (χ0n) is 16.0. The first-order valence-corrected chi connectivity index (χ1v) is 11.8. The molecule has 1 saturated heterocycles. The van der Waals surface area contributed by atoms with E-state index in [0.717, 1.165) is 6.42 Å². The molecule has 0 saturated carbocycles. The number of imidazole rings is 1. The number of aromatic nitrogens is 4. The van der Waals surface area contributed by atoms with Crippen LogP contribution in [-0.2, 0) is 17.1 Å². The van der Waals surface area contributed by atoms with Gasteiger partial charge >= 0.3 is 0 Å². The smallest absolute Gasteiger partial charge is 0.286 e. The number of carbonyl (C=O) groups excluding carboxylic acids is 1. The summed E-state index contributed by atoms with van der Waals surface area (Å²) in [4.78, 5) is 16.4. The minimum absolute atomic E-state index is 0.0333. The summed E-state index contributed by atoms with van der Waals surface area (Å²) in [6.45, 7) is 0.713. The van der Waals surface area contributed by atoms with Gasteiger partial charge in [-0.2, -0.15) is 4.31 Å². The number of aryl methyl sites for hydroxylation is 1. The van der Waals surface area contributed by atoms with Crippen LogP contribution in [-0.4, -0.2) is 51.5 Å². The summed E-state index contributed by atoms with van der Waals surface area (Å²) in [5, 5.41) is 12.4. The third-order valence-corrected chi connectivity index (χ3v) is 7.84. The second kappa shape index (κ2) is 8.42. The predicted molar refractivity (Wildman–Crippen MR) is 113 cm³/mol. The zero-order chi connectivity index (χ0) is 21.3. The van der Waals surface area contributed by atoms with E-state index in [0.29, 0.717) is 28.7 Å². The molecule has 12 heteroatoms. The molecule has 1 aliphatic rings. The molecule has 1 fully saturated rings. The Morgan fingerprint density at radius 2 is 2.03 bits per heavy atom. The molecular weight excluding hydrogens is 448 g/mol. The highest BCUT2D eigenvalue weighted by Gasteiger charge is 2.34. The summed E-state index contributed by atoms with van der Waals surface area (Å²) in [5.74, 6) is -0.485. The lowest BCUT2D eigenvalue weighted by atomic mass is 10.0. The van der Waals surface area contributed by atoms with Gasteiger partial charge in [-0.1, -0.05) is 22.9 Å². The molecule has 0 spiro atoms. The number of rotatable bonds is 5. The lowest BCUT2D eigenvalue weighted by Crippen LogP contribution is -2.39. The van der Waals surface area contributed by atoms with Crippen LogP contribution in [0.25, 0.3) is 0 Å². The first-order valence-electron chi connectivity index (χ1n) is 9.21. The standard InChI is InChI=1S/C18H19ClN6O3S2/c1-24-10-15(20-11-24)30(27,28)25-8-2-3-12(9-25)17-22-23-18(29-17)16(26)21-14-6-4-13(19)5-7-14/h4-7,10-12H,2-3,8-9H2,1H3,(H,21,26). The van der Waals surface area contributed by atoms with Gasteiger partial charge in [0.2, 0.25) is 5.01 Å². The number of carbonyl (C=O) groups is 1. The molecule has 158 valence electrons. The SMILES string of the molecule is Cn1cnc(S(=O)(=O)N2CCCC(c3nnc(C(=O)Nc4ccc(Cl)cc4)s3)C2)c1. The van der Waals surface area contributed by atoms with Gasteiger partial charge in [-0.15, -0.1) is 10.2 Å². The number of piperidine rings is 1. The Morgan fingerprint density at radius 1 is 1.27 bits per heavy atom. The fraction of sp³-hybridized carbons (Fsp3) is 0.333. The van der Waals surface area contributed by atoms with E-state index in [1.54, 1.807) is 35.9 Å². The Balaban J connectivity index is 1.46. The topological polar surface area (TPSA) is 110 Å². The van der Waals surface area contributed by atoms with Crippen molar-refractivity contribution in [3.63, 3.8) is 0 Å². The molecule has 1 N–H and O–H groups in total. The molecule has 2 aromatic heterocycles. The molecule has 3 aromatic rings. The van der Waals surface area contributed by atoms with Crippen LogP contribution in [0, 0.1) is 0 Å². The largest absolute Gasteiger partial charge is 0.339 e. The van der Waals surface area contributed by atoms with Crippen molar-refractivity contribution >= 4 is 44.6 Å². The summed E-state index contributed by atoms with van der Waals surface area (Å²) in [6, 6.07) is 6.76. The van der Waals surface area contributed by atoms with Crippen LogP contribution in [0.4, 0.5) is 5.69 Å². The molecule has 1 atom stereocenters. The van der Waals surface area contributed by atoms with E-state index in [1.807, 2.05) is 0 Å². The molecule has 1 unspecified atom stereocenters. The van der Waals surface area contributed by atoms with E-state index in [-0.39, 0.29) is 28.4 Å². The summed E-state index contributed by atoms with van der Waals surface area (Å²) < 4.78 is 28.8. The maximum Gasteiger partial charge on any atom is 0.286 e. The Kier molecular flexibility index (Phi) is 5.87. The highest BCUT2D eigenvalue weighted by Crippen LogP contribution is 2.31. The normalized spacial score (nSPS) is 17.7. The maximum atomic E-state index is 12.9.